The molecule has 1 amide bonds. The van der Waals surface area contributed by atoms with Gasteiger partial charge < -0.3 is 14.6 Å². The van der Waals surface area contributed by atoms with Crippen molar-refractivity contribution < 1.29 is 24.2 Å². The van der Waals surface area contributed by atoms with Crippen molar-refractivity contribution in [2.75, 3.05) is 18.1 Å². The topological polar surface area (TPSA) is 89.0 Å². The van der Waals surface area contributed by atoms with E-state index in [0.29, 0.717) is 46.5 Å². The molecule has 2 aliphatic heterocycles. The van der Waals surface area contributed by atoms with Crippen molar-refractivity contribution in [2.24, 2.45) is 0 Å². The van der Waals surface area contributed by atoms with Gasteiger partial charge in [-0.2, -0.15) is 0 Å². The Hall–Kier alpha value is -3.84. The standard InChI is InChI=1S/C25H19ClN2O5/c1-14-4-6-17(26)12-18(14)28-22(16-3-2-8-27-13-16)21(24(30)25(28)31)23(29)15-5-7-19-20(11-15)33-10-9-32-19/h2-8,11-13,22,29H,9-10H2,1H3/b23-21-. The molecule has 2 aliphatic rings. The Labute approximate surface area is 194 Å². The number of benzene rings is 2. The van der Waals surface area contributed by atoms with Gasteiger partial charge in [-0.05, 0) is 54.4 Å². The van der Waals surface area contributed by atoms with Gasteiger partial charge in [0.15, 0.2) is 11.5 Å². The van der Waals surface area contributed by atoms with Gasteiger partial charge in [0.05, 0.1) is 11.6 Å². The van der Waals surface area contributed by atoms with Crippen molar-refractivity contribution in [3.63, 3.8) is 0 Å². The van der Waals surface area contributed by atoms with Gasteiger partial charge >= 0.3 is 0 Å². The monoisotopic (exact) mass is 462 g/mol. The third-order valence-corrected chi connectivity index (χ3v) is 5.93. The Morgan fingerprint density at radius 1 is 1.09 bits per heavy atom. The number of aryl methyl sites for hydroxylation is 1. The molecule has 0 radical (unpaired) electrons. The number of halogens is 1. The molecule has 2 aromatic carbocycles. The lowest BCUT2D eigenvalue weighted by Gasteiger charge is -2.26. The number of ketones is 1. The van der Waals surface area contributed by atoms with E-state index < -0.39 is 17.7 Å². The van der Waals surface area contributed by atoms with Gasteiger partial charge in [-0.15, -0.1) is 0 Å². The minimum Gasteiger partial charge on any atom is -0.507 e. The molecule has 1 unspecified atom stereocenters. The average Bonchev–Trinajstić information content (AvgIpc) is 3.10. The average molecular weight is 463 g/mol. The number of aliphatic hydroxyl groups excluding tert-OH is 1. The van der Waals surface area contributed by atoms with Gasteiger partial charge in [-0.25, -0.2) is 0 Å². The summed E-state index contributed by atoms with van der Waals surface area (Å²) < 4.78 is 11.1. The maximum Gasteiger partial charge on any atom is 0.300 e. The van der Waals surface area contributed by atoms with Crippen LogP contribution < -0.4 is 14.4 Å². The van der Waals surface area contributed by atoms with Crippen LogP contribution in [-0.4, -0.2) is 35.0 Å². The Morgan fingerprint density at radius 3 is 2.64 bits per heavy atom. The Morgan fingerprint density at radius 2 is 1.88 bits per heavy atom. The number of hydrogen-bond acceptors (Lipinski definition) is 6. The van der Waals surface area contributed by atoms with Crippen LogP contribution >= 0.6 is 11.6 Å². The van der Waals surface area contributed by atoms with E-state index in [1.165, 1.54) is 4.90 Å². The number of carbonyl (C=O) groups excluding carboxylic acids is 2. The van der Waals surface area contributed by atoms with Crippen LogP contribution in [0.5, 0.6) is 11.5 Å². The number of ether oxygens (including phenoxy) is 2. The van der Waals surface area contributed by atoms with Crippen LogP contribution in [0, 0.1) is 6.92 Å². The second-order valence-electron chi connectivity index (χ2n) is 7.74. The number of hydrogen-bond donors (Lipinski definition) is 1. The number of fused-ring (bicyclic) bond motifs is 1. The van der Waals surface area contributed by atoms with Gasteiger partial charge in [-0.3, -0.25) is 19.5 Å². The molecule has 1 saturated heterocycles. The molecule has 3 heterocycles. The molecular formula is C25H19ClN2O5. The zero-order valence-corrected chi connectivity index (χ0v) is 18.4. The molecular weight excluding hydrogens is 444 g/mol. The molecule has 3 aromatic rings. The summed E-state index contributed by atoms with van der Waals surface area (Å²) in [6, 6.07) is 12.6. The number of carbonyl (C=O) groups is 2. The van der Waals surface area contributed by atoms with E-state index in [1.807, 2.05) is 6.92 Å². The third-order valence-electron chi connectivity index (χ3n) is 5.69. The SMILES string of the molecule is Cc1ccc(Cl)cc1N1C(=O)C(=O)/C(=C(\O)c2ccc3c(c2)OCCO3)C1c1cccnc1. The summed E-state index contributed by atoms with van der Waals surface area (Å²) in [5.41, 5.74) is 2.13. The zero-order valence-electron chi connectivity index (χ0n) is 17.6. The molecule has 5 rings (SSSR count). The number of nitrogens with zero attached hydrogens (tertiary/aromatic N) is 2. The van der Waals surface area contributed by atoms with Crippen molar-refractivity contribution in [2.45, 2.75) is 13.0 Å². The zero-order chi connectivity index (χ0) is 23.1. The first-order chi connectivity index (χ1) is 16.0. The fourth-order valence-corrected chi connectivity index (χ4v) is 4.29. The summed E-state index contributed by atoms with van der Waals surface area (Å²) in [4.78, 5) is 32.0. The van der Waals surface area contributed by atoms with Crippen LogP contribution in [0.4, 0.5) is 5.69 Å². The molecule has 8 heteroatoms. The minimum absolute atomic E-state index is 0.0379. The van der Waals surface area contributed by atoms with Gasteiger partial charge in [0.2, 0.25) is 0 Å². The third kappa shape index (κ3) is 3.60. The number of amides is 1. The molecule has 0 saturated carbocycles. The van der Waals surface area contributed by atoms with E-state index >= 15 is 0 Å². The van der Waals surface area contributed by atoms with Crippen molar-refractivity contribution in [1.29, 1.82) is 0 Å². The lowest BCUT2D eigenvalue weighted by Crippen LogP contribution is -2.30. The number of Topliss-reactive ketones (excluding diaryl/α,β-unsaturated/α-hetero) is 1. The van der Waals surface area contributed by atoms with Gasteiger partial charge in [0, 0.05) is 28.7 Å². The summed E-state index contributed by atoms with van der Waals surface area (Å²) in [5.74, 6) is -0.843. The van der Waals surface area contributed by atoms with Crippen molar-refractivity contribution in [3.05, 3.63) is 88.2 Å². The van der Waals surface area contributed by atoms with Crippen LogP contribution in [0.25, 0.3) is 5.76 Å². The number of aliphatic hydroxyl groups is 1. The highest BCUT2D eigenvalue weighted by molar-refractivity contribution is 6.52. The van der Waals surface area contributed by atoms with Crippen LogP contribution in [-0.2, 0) is 9.59 Å². The highest BCUT2D eigenvalue weighted by atomic mass is 35.5. The Kier molecular flexibility index (Phi) is 5.26. The molecule has 7 nitrogen and oxygen atoms in total. The number of rotatable bonds is 3. The van der Waals surface area contributed by atoms with Crippen molar-refractivity contribution in [3.8, 4) is 11.5 Å². The highest BCUT2D eigenvalue weighted by Crippen LogP contribution is 2.44. The minimum atomic E-state index is -0.885. The van der Waals surface area contributed by atoms with E-state index in [1.54, 1.807) is 60.9 Å². The second-order valence-corrected chi connectivity index (χ2v) is 8.18. The fraction of sp³-hybridized carbons (Fsp3) is 0.160. The Bertz CT molecular complexity index is 1310. The first kappa shape index (κ1) is 21.0. The van der Waals surface area contributed by atoms with Crippen molar-refractivity contribution in [1.82, 2.24) is 4.98 Å². The molecule has 0 spiro atoms. The summed E-state index contributed by atoms with van der Waals surface area (Å²) in [6.07, 6.45) is 3.17. The fourth-order valence-electron chi connectivity index (χ4n) is 4.12. The van der Waals surface area contributed by atoms with Gasteiger partial charge in [-0.1, -0.05) is 23.7 Å². The largest absolute Gasteiger partial charge is 0.507 e. The normalized spacial score (nSPS) is 19.1. The first-order valence-corrected chi connectivity index (χ1v) is 10.7. The summed E-state index contributed by atoms with van der Waals surface area (Å²) in [6.45, 7) is 2.64. The van der Waals surface area contributed by atoms with Gasteiger partial charge in [0.25, 0.3) is 11.7 Å². The number of anilines is 1. The summed E-state index contributed by atoms with van der Waals surface area (Å²) in [7, 11) is 0. The van der Waals surface area contributed by atoms with E-state index in [9.17, 15) is 14.7 Å². The molecule has 1 atom stereocenters. The maximum absolute atomic E-state index is 13.3. The second kappa shape index (κ2) is 8.26. The number of aromatic nitrogens is 1. The predicted octanol–water partition coefficient (Wildman–Crippen LogP) is 4.44. The van der Waals surface area contributed by atoms with Crippen LogP contribution in [0.15, 0.2) is 66.5 Å². The Balaban J connectivity index is 1.71. The van der Waals surface area contributed by atoms with Gasteiger partial charge in [0.1, 0.15) is 19.0 Å². The molecule has 33 heavy (non-hydrogen) atoms. The van der Waals surface area contributed by atoms with Crippen molar-refractivity contribution >= 4 is 34.7 Å². The maximum atomic E-state index is 13.3. The highest BCUT2D eigenvalue weighted by Gasteiger charge is 2.47. The lowest BCUT2D eigenvalue weighted by atomic mass is 9.95. The first-order valence-electron chi connectivity index (χ1n) is 10.3. The van der Waals surface area contributed by atoms with Crippen LogP contribution in [0.1, 0.15) is 22.7 Å². The van der Waals surface area contributed by atoms with E-state index in [-0.39, 0.29) is 11.3 Å². The molecule has 1 N–H and O–H groups in total. The molecule has 0 aliphatic carbocycles. The number of pyridine rings is 1. The quantitative estimate of drug-likeness (QED) is 0.351. The van der Waals surface area contributed by atoms with E-state index in [0.717, 1.165) is 5.56 Å². The molecule has 0 bridgehead atoms. The molecule has 1 fully saturated rings. The van der Waals surface area contributed by atoms with E-state index in [2.05, 4.69) is 4.98 Å². The van der Waals surface area contributed by atoms with E-state index in [4.69, 9.17) is 21.1 Å². The van der Waals surface area contributed by atoms with Crippen LogP contribution in [0.3, 0.4) is 0 Å². The summed E-state index contributed by atoms with van der Waals surface area (Å²) >= 11 is 6.21. The summed E-state index contributed by atoms with van der Waals surface area (Å²) in [5, 5.41) is 11.7. The molecule has 166 valence electrons. The predicted molar refractivity (Wildman–Crippen MR) is 123 cm³/mol. The smallest absolute Gasteiger partial charge is 0.300 e. The molecule has 1 aromatic heterocycles. The lowest BCUT2D eigenvalue weighted by molar-refractivity contribution is -0.132. The van der Waals surface area contributed by atoms with Crippen LogP contribution in [0.2, 0.25) is 5.02 Å².